The van der Waals surface area contributed by atoms with Crippen LogP contribution in [-0.4, -0.2) is 46.0 Å². The van der Waals surface area contributed by atoms with Gasteiger partial charge in [-0.15, -0.1) is 0 Å². The second-order valence-electron chi connectivity index (χ2n) is 6.96. The Morgan fingerprint density at radius 2 is 1.82 bits per heavy atom. The number of phenols is 1. The van der Waals surface area contributed by atoms with Gasteiger partial charge < -0.3 is 10.4 Å². The van der Waals surface area contributed by atoms with E-state index in [1.165, 1.54) is 6.07 Å². The summed E-state index contributed by atoms with van der Waals surface area (Å²) in [4.78, 5) is 30.4. The summed E-state index contributed by atoms with van der Waals surface area (Å²) in [5, 5.41) is 25.3. The number of nitro groups is 1. The molecule has 0 saturated heterocycles. The highest BCUT2D eigenvalue weighted by Gasteiger charge is 2.34. The molecular weight excluding hydrogens is 360 g/mol. The molecule has 0 aliphatic heterocycles. The zero-order valence-electron chi connectivity index (χ0n) is 15.6. The molecule has 2 aromatic carbocycles. The predicted molar refractivity (Wildman–Crippen MR) is 106 cm³/mol. The third-order valence-corrected chi connectivity index (χ3v) is 5.08. The van der Waals surface area contributed by atoms with Crippen LogP contribution in [0.3, 0.4) is 0 Å². The Bertz CT molecular complexity index is 1160. The quantitative estimate of drug-likeness (QED) is 0.318. The van der Waals surface area contributed by atoms with Gasteiger partial charge in [-0.2, -0.15) is 0 Å². The molecule has 142 valence electrons. The first-order chi connectivity index (χ1) is 13.3. The number of rotatable bonds is 4. The molecule has 0 amide bonds. The van der Waals surface area contributed by atoms with E-state index in [0.29, 0.717) is 27.6 Å². The molecule has 28 heavy (non-hydrogen) atoms. The summed E-state index contributed by atoms with van der Waals surface area (Å²) in [6, 6.07) is 9.98. The fraction of sp³-hybridized carbons (Fsp3) is 0.200. The number of nitrogens with one attached hydrogen (secondary N) is 1. The lowest BCUT2D eigenvalue weighted by Gasteiger charge is -2.23. The number of hydrogen-bond donors (Lipinski definition) is 2. The number of aromatic hydroxyl groups is 1. The van der Waals surface area contributed by atoms with Crippen molar-refractivity contribution in [2.45, 2.75) is 13.1 Å². The summed E-state index contributed by atoms with van der Waals surface area (Å²) in [6.45, 7) is 1.89. The molecule has 1 atom stereocenters. The maximum Gasteiger partial charge on any atom is 0.336 e. The second-order valence-corrected chi connectivity index (χ2v) is 6.96. The summed E-state index contributed by atoms with van der Waals surface area (Å²) < 4.78 is 0. The van der Waals surface area contributed by atoms with Gasteiger partial charge in [0, 0.05) is 16.5 Å². The molecule has 0 bridgehead atoms. The van der Waals surface area contributed by atoms with Crippen LogP contribution in [0.25, 0.3) is 22.0 Å². The SMILES string of the molecule is CC(Nc1nc2c([N+](=O)[O-])c(O)ccc2c2c1C(=O)c1ccccc1-2)N(C)C. The number of ketones is 1. The molecule has 0 saturated carbocycles. The number of nitro benzene ring substituents is 1. The van der Waals surface area contributed by atoms with Crippen LogP contribution in [0.4, 0.5) is 11.5 Å². The molecule has 2 N–H and O–H groups in total. The van der Waals surface area contributed by atoms with Crippen LogP contribution in [-0.2, 0) is 0 Å². The lowest BCUT2D eigenvalue weighted by molar-refractivity contribution is -0.384. The van der Waals surface area contributed by atoms with Crippen LogP contribution in [0, 0.1) is 10.1 Å². The van der Waals surface area contributed by atoms with Crippen molar-refractivity contribution in [2.75, 3.05) is 19.4 Å². The highest BCUT2D eigenvalue weighted by atomic mass is 16.6. The van der Waals surface area contributed by atoms with Crippen LogP contribution in [0.1, 0.15) is 22.8 Å². The van der Waals surface area contributed by atoms with Gasteiger partial charge in [0.1, 0.15) is 5.82 Å². The number of nitrogens with zero attached hydrogens (tertiary/aromatic N) is 3. The van der Waals surface area contributed by atoms with Crippen molar-refractivity contribution >= 4 is 28.2 Å². The number of aromatic nitrogens is 1. The number of anilines is 1. The summed E-state index contributed by atoms with van der Waals surface area (Å²) in [6.07, 6.45) is -0.179. The molecule has 0 spiro atoms. The monoisotopic (exact) mass is 378 g/mol. The highest BCUT2D eigenvalue weighted by Crippen LogP contribution is 2.46. The zero-order valence-corrected chi connectivity index (χ0v) is 15.6. The average molecular weight is 378 g/mol. The molecule has 0 radical (unpaired) electrons. The lowest BCUT2D eigenvalue weighted by atomic mass is 10.00. The largest absolute Gasteiger partial charge is 0.502 e. The summed E-state index contributed by atoms with van der Waals surface area (Å²) in [5.74, 6) is -0.378. The standard InChI is InChI=1S/C20H18N4O4/c1-10(23(2)3)21-20-16-15(11-6-4-5-7-12(11)19(16)26)13-8-9-14(25)18(24(27)28)17(13)22-20/h4-10,25H,1-3H3,(H,21,22). The maximum atomic E-state index is 13.1. The fourth-order valence-corrected chi connectivity index (χ4v) is 3.45. The van der Waals surface area contributed by atoms with Crippen molar-refractivity contribution in [3.63, 3.8) is 0 Å². The van der Waals surface area contributed by atoms with E-state index in [4.69, 9.17) is 0 Å². The first-order valence-electron chi connectivity index (χ1n) is 8.72. The Hall–Kier alpha value is -3.52. The van der Waals surface area contributed by atoms with Crippen molar-refractivity contribution in [2.24, 2.45) is 0 Å². The normalized spacial score (nSPS) is 13.5. The van der Waals surface area contributed by atoms with E-state index in [2.05, 4.69) is 10.3 Å². The van der Waals surface area contributed by atoms with Gasteiger partial charge in [-0.3, -0.25) is 19.8 Å². The molecule has 8 nitrogen and oxygen atoms in total. The summed E-state index contributed by atoms with van der Waals surface area (Å²) in [5.41, 5.74) is 1.79. The fourth-order valence-electron chi connectivity index (χ4n) is 3.45. The molecule has 4 rings (SSSR count). The minimum absolute atomic E-state index is 0.0432. The van der Waals surface area contributed by atoms with Crippen LogP contribution < -0.4 is 5.32 Å². The zero-order chi connectivity index (χ0) is 20.2. The Labute approximate surface area is 160 Å². The molecule has 8 heteroatoms. The van der Waals surface area contributed by atoms with Crippen LogP contribution in [0.5, 0.6) is 5.75 Å². The van der Waals surface area contributed by atoms with Crippen LogP contribution in [0.2, 0.25) is 0 Å². The molecule has 1 aromatic heterocycles. The van der Waals surface area contributed by atoms with Crippen LogP contribution >= 0.6 is 0 Å². The molecule has 1 unspecified atom stereocenters. The van der Waals surface area contributed by atoms with Gasteiger partial charge >= 0.3 is 5.69 Å². The Morgan fingerprint density at radius 3 is 2.46 bits per heavy atom. The van der Waals surface area contributed by atoms with E-state index in [0.717, 1.165) is 0 Å². The first kappa shape index (κ1) is 17.9. The Balaban J connectivity index is 2.12. The number of hydrogen-bond acceptors (Lipinski definition) is 7. The Morgan fingerprint density at radius 1 is 1.14 bits per heavy atom. The molecular formula is C20H18N4O4. The van der Waals surface area contributed by atoms with E-state index >= 15 is 0 Å². The second kappa shape index (κ2) is 6.28. The molecule has 1 aliphatic carbocycles. The van der Waals surface area contributed by atoms with Crippen LogP contribution in [0.15, 0.2) is 36.4 Å². The van der Waals surface area contributed by atoms with Gasteiger partial charge in [0.05, 0.1) is 16.7 Å². The number of benzene rings is 2. The third-order valence-electron chi connectivity index (χ3n) is 5.08. The lowest BCUT2D eigenvalue weighted by Crippen LogP contribution is -2.33. The van der Waals surface area contributed by atoms with Gasteiger partial charge in [0.15, 0.2) is 17.0 Å². The predicted octanol–water partition coefficient (Wildman–Crippen LogP) is 3.38. The minimum atomic E-state index is -0.654. The summed E-state index contributed by atoms with van der Waals surface area (Å²) >= 11 is 0. The van der Waals surface area contributed by atoms with E-state index in [9.17, 15) is 20.0 Å². The average Bonchev–Trinajstić information content (AvgIpc) is 2.95. The van der Waals surface area contributed by atoms with Crippen molar-refractivity contribution in [3.8, 4) is 16.9 Å². The number of carbonyl (C=O) groups is 1. The third kappa shape index (κ3) is 2.49. The van der Waals surface area contributed by atoms with Gasteiger partial charge in [-0.05, 0) is 38.7 Å². The maximum absolute atomic E-state index is 13.1. The Kier molecular flexibility index (Phi) is 4.01. The smallest absolute Gasteiger partial charge is 0.336 e. The number of pyridine rings is 1. The summed E-state index contributed by atoms with van der Waals surface area (Å²) in [7, 11) is 3.73. The topological polar surface area (TPSA) is 109 Å². The van der Waals surface area contributed by atoms with Crippen molar-refractivity contribution in [1.29, 1.82) is 0 Å². The molecule has 1 aliphatic rings. The van der Waals surface area contributed by atoms with Gasteiger partial charge in [0.2, 0.25) is 0 Å². The van der Waals surface area contributed by atoms with Gasteiger partial charge in [-0.1, -0.05) is 24.3 Å². The van der Waals surface area contributed by atoms with Crippen molar-refractivity contribution < 1.29 is 14.8 Å². The van der Waals surface area contributed by atoms with E-state index in [1.54, 1.807) is 18.2 Å². The molecule has 0 fully saturated rings. The molecule has 1 heterocycles. The minimum Gasteiger partial charge on any atom is -0.502 e. The van der Waals surface area contributed by atoms with Gasteiger partial charge in [-0.25, -0.2) is 4.98 Å². The number of fused-ring (bicyclic) bond motifs is 5. The number of carbonyl (C=O) groups excluding carboxylic acids is 1. The van der Waals surface area contributed by atoms with E-state index in [-0.39, 0.29) is 23.3 Å². The highest BCUT2D eigenvalue weighted by molar-refractivity contribution is 6.28. The van der Waals surface area contributed by atoms with Crippen molar-refractivity contribution in [1.82, 2.24) is 9.88 Å². The van der Waals surface area contributed by atoms with Gasteiger partial charge in [0.25, 0.3) is 0 Å². The molecule has 3 aromatic rings. The van der Waals surface area contributed by atoms with E-state index < -0.39 is 16.4 Å². The van der Waals surface area contributed by atoms with Crippen molar-refractivity contribution in [3.05, 3.63) is 57.6 Å². The van der Waals surface area contributed by atoms with E-state index in [1.807, 2.05) is 38.1 Å². The first-order valence-corrected chi connectivity index (χ1v) is 8.72. The number of phenolic OH excluding ortho intramolecular Hbond substituents is 1.